The monoisotopic (exact) mass is 295 g/mol. The summed E-state index contributed by atoms with van der Waals surface area (Å²) in [6.45, 7) is 1.28. The van der Waals surface area contributed by atoms with Gasteiger partial charge in [-0.1, -0.05) is 16.1 Å². The minimum atomic E-state index is -1.06. The Morgan fingerprint density at radius 2 is 2.35 bits per heavy atom. The van der Waals surface area contributed by atoms with Crippen molar-refractivity contribution < 1.29 is 14.7 Å². The quantitative estimate of drug-likeness (QED) is 0.814. The van der Waals surface area contributed by atoms with Gasteiger partial charge in [-0.25, -0.2) is 4.79 Å². The molecule has 0 bridgehead atoms. The van der Waals surface area contributed by atoms with Crippen LogP contribution < -0.4 is 5.32 Å². The van der Waals surface area contributed by atoms with E-state index in [0.717, 1.165) is 11.5 Å². The minimum absolute atomic E-state index is 0.253. The minimum Gasteiger partial charge on any atom is -0.480 e. The van der Waals surface area contributed by atoms with Crippen LogP contribution in [0.1, 0.15) is 12.6 Å². The molecule has 0 spiro atoms. The van der Waals surface area contributed by atoms with Crippen LogP contribution in [0.2, 0.25) is 4.34 Å². The van der Waals surface area contributed by atoms with Crippen LogP contribution >= 0.6 is 34.9 Å². The first-order chi connectivity index (χ1) is 8.00. The highest BCUT2D eigenvalue weighted by Gasteiger charge is 2.18. The molecule has 1 atom stereocenters. The summed E-state index contributed by atoms with van der Waals surface area (Å²) in [6, 6.07) is -0.900. The van der Waals surface area contributed by atoms with Crippen LogP contribution in [-0.2, 0) is 15.3 Å². The molecule has 94 valence electrons. The molecule has 17 heavy (non-hydrogen) atoms. The number of carbonyl (C=O) groups is 2. The molecule has 6 nitrogen and oxygen atoms in total. The fraction of sp³-hybridized carbons (Fsp3) is 0.500. The van der Waals surface area contributed by atoms with Crippen molar-refractivity contribution >= 4 is 46.8 Å². The molecule has 1 amide bonds. The van der Waals surface area contributed by atoms with E-state index in [1.165, 1.54) is 18.7 Å². The third kappa shape index (κ3) is 4.88. The number of amides is 1. The van der Waals surface area contributed by atoms with Gasteiger partial charge in [0.25, 0.3) is 0 Å². The second-order valence-electron chi connectivity index (χ2n) is 3.10. The standard InChI is InChI=1S/C8H10ClN3O3S2/c1-4(13)10-6(8(14)15)3-16-2-5-7(9)17-12-11-5/h6H,2-3H2,1H3,(H,10,13)(H,14,15)/t6-/m0/s1. The van der Waals surface area contributed by atoms with Crippen molar-refractivity contribution in [2.24, 2.45) is 0 Å². The summed E-state index contributed by atoms with van der Waals surface area (Å²) in [6.07, 6.45) is 0. The average Bonchev–Trinajstić information content (AvgIpc) is 2.62. The predicted octanol–water partition coefficient (Wildman–Crippen LogP) is 1.01. The van der Waals surface area contributed by atoms with E-state index in [2.05, 4.69) is 14.9 Å². The van der Waals surface area contributed by atoms with Crippen molar-refractivity contribution in [3.63, 3.8) is 0 Å². The summed E-state index contributed by atoms with van der Waals surface area (Å²) in [7, 11) is 0. The van der Waals surface area contributed by atoms with E-state index in [-0.39, 0.29) is 11.7 Å². The van der Waals surface area contributed by atoms with Crippen LogP contribution in [-0.4, -0.2) is 38.4 Å². The maximum Gasteiger partial charge on any atom is 0.327 e. The van der Waals surface area contributed by atoms with Crippen LogP contribution in [0, 0.1) is 0 Å². The molecular formula is C8H10ClN3O3S2. The first-order valence-corrected chi connectivity index (χ1v) is 6.85. The highest BCUT2D eigenvalue weighted by atomic mass is 35.5. The van der Waals surface area contributed by atoms with Crippen LogP contribution in [0.5, 0.6) is 0 Å². The van der Waals surface area contributed by atoms with E-state index in [1.807, 2.05) is 0 Å². The topological polar surface area (TPSA) is 92.2 Å². The largest absolute Gasteiger partial charge is 0.480 e. The molecule has 0 aromatic carbocycles. The number of nitrogens with one attached hydrogen (secondary N) is 1. The number of nitrogens with zero attached hydrogens (tertiary/aromatic N) is 2. The molecule has 0 unspecified atom stereocenters. The number of carbonyl (C=O) groups excluding carboxylic acids is 1. The maximum atomic E-state index is 10.8. The number of carboxylic acid groups (broad SMARTS) is 1. The van der Waals surface area contributed by atoms with E-state index in [9.17, 15) is 9.59 Å². The van der Waals surface area contributed by atoms with Crippen molar-refractivity contribution in [2.75, 3.05) is 5.75 Å². The molecule has 0 aliphatic rings. The fourth-order valence-electron chi connectivity index (χ4n) is 0.977. The lowest BCUT2D eigenvalue weighted by Gasteiger charge is -2.11. The molecule has 0 radical (unpaired) electrons. The lowest BCUT2D eigenvalue weighted by molar-refractivity contribution is -0.140. The summed E-state index contributed by atoms with van der Waals surface area (Å²) in [4.78, 5) is 21.6. The first-order valence-electron chi connectivity index (χ1n) is 4.55. The number of hydrogen-bond donors (Lipinski definition) is 2. The molecule has 1 aromatic rings. The Morgan fingerprint density at radius 1 is 1.65 bits per heavy atom. The van der Waals surface area contributed by atoms with Crippen LogP contribution in [0.4, 0.5) is 0 Å². The zero-order chi connectivity index (χ0) is 12.8. The third-order valence-electron chi connectivity index (χ3n) is 1.71. The van der Waals surface area contributed by atoms with Crippen LogP contribution in [0.25, 0.3) is 0 Å². The molecule has 1 aromatic heterocycles. The average molecular weight is 296 g/mol. The number of thioether (sulfide) groups is 1. The highest BCUT2D eigenvalue weighted by Crippen LogP contribution is 2.22. The van der Waals surface area contributed by atoms with Gasteiger partial charge in [0, 0.05) is 30.0 Å². The molecular weight excluding hydrogens is 286 g/mol. The maximum absolute atomic E-state index is 10.8. The Kier molecular flexibility index (Phi) is 5.66. The van der Waals surface area contributed by atoms with Crippen molar-refractivity contribution in [2.45, 2.75) is 18.7 Å². The molecule has 0 saturated heterocycles. The molecule has 0 fully saturated rings. The van der Waals surface area contributed by atoms with E-state index >= 15 is 0 Å². The summed E-state index contributed by atoms with van der Waals surface area (Å²) >= 11 is 8.21. The number of hydrogen-bond acceptors (Lipinski definition) is 6. The second kappa shape index (κ2) is 6.77. The molecule has 0 saturated carbocycles. The Balaban J connectivity index is 2.40. The first kappa shape index (κ1) is 14.2. The zero-order valence-corrected chi connectivity index (χ0v) is 11.2. The SMILES string of the molecule is CC(=O)N[C@@H](CSCc1nnsc1Cl)C(=O)O. The Morgan fingerprint density at radius 3 is 2.82 bits per heavy atom. The van der Waals surface area contributed by atoms with Gasteiger partial charge in [-0.2, -0.15) is 11.8 Å². The Labute approximate surface area is 111 Å². The number of halogens is 1. The van der Waals surface area contributed by atoms with Gasteiger partial charge < -0.3 is 10.4 Å². The molecule has 1 rings (SSSR count). The third-order valence-corrected chi connectivity index (χ3v) is 3.74. The summed E-state index contributed by atoms with van der Waals surface area (Å²) in [5, 5.41) is 15.0. The van der Waals surface area contributed by atoms with Crippen LogP contribution in [0.15, 0.2) is 0 Å². The van der Waals surface area contributed by atoms with Crippen molar-refractivity contribution in [1.29, 1.82) is 0 Å². The zero-order valence-electron chi connectivity index (χ0n) is 8.84. The van der Waals surface area contributed by atoms with Crippen molar-refractivity contribution in [1.82, 2.24) is 14.9 Å². The van der Waals surface area contributed by atoms with Gasteiger partial charge in [0.2, 0.25) is 5.91 Å². The number of aliphatic carboxylic acids is 1. The van der Waals surface area contributed by atoms with Gasteiger partial charge in [-0.05, 0) is 0 Å². The molecule has 2 N–H and O–H groups in total. The number of carboxylic acids is 1. The predicted molar refractivity (Wildman–Crippen MR) is 66.3 cm³/mol. The van der Waals surface area contributed by atoms with Crippen molar-refractivity contribution in [3.05, 3.63) is 10.0 Å². The van der Waals surface area contributed by atoms with Crippen molar-refractivity contribution in [3.8, 4) is 0 Å². The van der Waals surface area contributed by atoms with E-state index in [0.29, 0.717) is 15.8 Å². The second-order valence-corrected chi connectivity index (χ2v) is 5.49. The van der Waals surface area contributed by atoms with Gasteiger partial charge in [0.1, 0.15) is 16.1 Å². The normalized spacial score (nSPS) is 12.1. The van der Waals surface area contributed by atoms with Gasteiger partial charge in [0.05, 0.1) is 0 Å². The highest BCUT2D eigenvalue weighted by molar-refractivity contribution is 7.98. The Bertz CT molecular complexity index is 412. The van der Waals surface area contributed by atoms with Gasteiger partial charge in [-0.3, -0.25) is 4.79 Å². The lowest BCUT2D eigenvalue weighted by Crippen LogP contribution is -2.41. The molecule has 9 heteroatoms. The van der Waals surface area contributed by atoms with E-state index < -0.39 is 12.0 Å². The summed E-state index contributed by atoms with van der Waals surface area (Å²) in [5.74, 6) is -0.705. The van der Waals surface area contributed by atoms with Crippen LogP contribution in [0.3, 0.4) is 0 Å². The smallest absolute Gasteiger partial charge is 0.327 e. The van der Waals surface area contributed by atoms with E-state index in [4.69, 9.17) is 16.7 Å². The van der Waals surface area contributed by atoms with Gasteiger partial charge in [-0.15, -0.1) is 5.10 Å². The molecule has 0 aliphatic carbocycles. The molecule has 1 heterocycles. The Hall–Kier alpha value is -0.860. The fourth-order valence-corrected chi connectivity index (χ4v) is 2.75. The lowest BCUT2D eigenvalue weighted by atomic mass is 10.3. The summed E-state index contributed by atoms with van der Waals surface area (Å²) < 4.78 is 4.17. The van der Waals surface area contributed by atoms with E-state index in [1.54, 1.807) is 0 Å². The summed E-state index contributed by atoms with van der Waals surface area (Å²) in [5.41, 5.74) is 0.633. The van der Waals surface area contributed by atoms with Gasteiger partial charge >= 0.3 is 5.97 Å². The van der Waals surface area contributed by atoms with Gasteiger partial charge in [0.15, 0.2) is 0 Å². The molecule has 0 aliphatic heterocycles. The number of aromatic nitrogens is 2. The number of rotatable bonds is 6.